The summed E-state index contributed by atoms with van der Waals surface area (Å²) in [6.07, 6.45) is 1.10. The summed E-state index contributed by atoms with van der Waals surface area (Å²) < 4.78 is 13.5. The number of hydrogen-bond acceptors (Lipinski definition) is 4. The summed E-state index contributed by atoms with van der Waals surface area (Å²) in [5, 5.41) is 22.0. The molecule has 1 aromatic rings. The molecule has 0 radical (unpaired) electrons. The molecule has 0 bridgehead atoms. The second-order valence-electron chi connectivity index (χ2n) is 5.10. The fraction of sp³-hybridized carbons (Fsp3) is 0.462. The van der Waals surface area contributed by atoms with Crippen molar-refractivity contribution in [2.45, 2.75) is 26.7 Å². The zero-order valence-electron chi connectivity index (χ0n) is 10.9. The lowest BCUT2D eigenvalue weighted by atomic mass is 9.88. The number of nitriles is 1. The van der Waals surface area contributed by atoms with E-state index in [1.807, 2.05) is 13.8 Å². The van der Waals surface area contributed by atoms with Crippen molar-refractivity contribution in [2.75, 3.05) is 11.9 Å². The molecule has 19 heavy (non-hydrogen) atoms. The van der Waals surface area contributed by atoms with E-state index >= 15 is 0 Å². The zero-order valence-corrected chi connectivity index (χ0v) is 10.9. The fourth-order valence-electron chi connectivity index (χ4n) is 1.58. The van der Waals surface area contributed by atoms with E-state index in [4.69, 9.17) is 5.26 Å². The van der Waals surface area contributed by atoms with Crippen molar-refractivity contribution in [1.82, 2.24) is 0 Å². The lowest BCUT2D eigenvalue weighted by Gasteiger charge is -2.24. The predicted octanol–water partition coefficient (Wildman–Crippen LogP) is 3.48. The third-order valence-electron chi connectivity index (χ3n) is 2.83. The number of nitro benzene ring substituents is 1. The van der Waals surface area contributed by atoms with Crippen molar-refractivity contribution in [2.24, 2.45) is 5.41 Å². The molecule has 102 valence electrons. The summed E-state index contributed by atoms with van der Waals surface area (Å²) in [5.74, 6) is -0.526. The highest BCUT2D eigenvalue weighted by Gasteiger charge is 2.18. The van der Waals surface area contributed by atoms with Crippen LogP contribution in [0.3, 0.4) is 0 Å². The lowest BCUT2D eigenvalue weighted by Crippen LogP contribution is -2.23. The van der Waals surface area contributed by atoms with Gasteiger partial charge in [0, 0.05) is 25.1 Å². The predicted molar refractivity (Wildman–Crippen MR) is 70.2 cm³/mol. The van der Waals surface area contributed by atoms with Crippen molar-refractivity contribution in [3.05, 3.63) is 34.1 Å². The highest BCUT2D eigenvalue weighted by Crippen LogP contribution is 2.26. The van der Waals surface area contributed by atoms with Gasteiger partial charge in [-0.05, 0) is 17.9 Å². The van der Waals surface area contributed by atoms with E-state index < -0.39 is 10.7 Å². The molecule has 0 aliphatic heterocycles. The maximum absolute atomic E-state index is 13.5. The van der Waals surface area contributed by atoms with Gasteiger partial charge in [0.05, 0.1) is 16.7 Å². The molecule has 0 amide bonds. The Morgan fingerprint density at radius 1 is 1.53 bits per heavy atom. The van der Waals surface area contributed by atoms with E-state index in [2.05, 4.69) is 11.4 Å². The largest absolute Gasteiger partial charge is 0.382 e. The Kier molecular flexibility index (Phi) is 4.81. The number of hydrogen-bond donors (Lipinski definition) is 1. The molecule has 0 unspecified atom stereocenters. The highest BCUT2D eigenvalue weighted by atomic mass is 19.1. The third kappa shape index (κ3) is 4.54. The molecule has 0 aliphatic carbocycles. The molecule has 0 atom stereocenters. The second-order valence-corrected chi connectivity index (χ2v) is 5.10. The van der Waals surface area contributed by atoms with E-state index in [1.165, 1.54) is 6.07 Å². The molecule has 0 saturated heterocycles. The standard InChI is InChI=1S/C13H16FN3O2/c1-13(2,6-3-7-15)9-16-12-8-10(17(18)19)4-5-11(12)14/h4-5,8,16H,3,6,9H2,1-2H3. The fourth-order valence-corrected chi connectivity index (χ4v) is 1.58. The molecule has 1 rings (SSSR count). The first-order valence-electron chi connectivity index (χ1n) is 5.90. The summed E-state index contributed by atoms with van der Waals surface area (Å²) in [4.78, 5) is 10.1. The SMILES string of the molecule is CC(C)(CCC#N)CNc1cc([N+](=O)[O-])ccc1F. The van der Waals surface area contributed by atoms with Crippen LogP contribution in [0.5, 0.6) is 0 Å². The van der Waals surface area contributed by atoms with E-state index in [-0.39, 0.29) is 16.8 Å². The molecular formula is C13H16FN3O2. The summed E-state index contributed by atoms with van der Waals surface area (Å²) in [5.41, 5.74) is -0.231. The van der Waals surface area contributed by atoms with E-state index in [9.17, 15) is 14.5 Å². The first kappa shape index (κ1) is 14.9. The van der Waals surface area contributed by atoms with Crippen LogP contribution in [-0.4, -0.2) is 11.5 Å². The Morgan fingerprint density at radius 3 is 2.79 bits per heavy atom. The quantitative estimate of drug-likeness (QED) is 0.630. The molecule has 0 aromatic heterocycles. The van der Waals surface area contributed by atoms with Gasteiger partial charge in [-0.15, -0.1) is 0 Å². The Hall–Kier alpha value is -2.16. The van der Waals surface area contributed by atoms with Crippen LogP contribution in [0.25, 0.3) is 0 Å². The van der Waals surface area contributed by atoms with Gasteiger partial charge in [-0.1, -0.05) is 13.8 Å². The first-order valence-corrected chi connectivity index (χ1v) is 5.90. The zero-order chi connectivity index (χ0) is 14.5. The maximum Gasteiger partial charge on any atom is 0.271 e. The van der Waals surface area contributed by atoms with Crippen LogP contribution in [0.15, 0.2) is 18.2 Å². The number of non-ortho nitro benzene ring substituents is 1. The van der Waals surface area contributed by atoms with Crippen LogP contribution in [0.2, 0.25) is 0 Å². The second kappa shape index (κ2) is 6.14. The van der Waals surface area contributed by atoms with Gasteiger partial charge >= 0.3 is 0 Å². The van der Waals surface area contributed by atoms with Gasteiger partial charge in [0.15, 0.2) is 0 Å². The number of anilines is 1. The summed E-state index contributed by atoms with van der Waals surface area (Å²) in [7, 11) is 0. The molecule has 5 nitrogen and oxygen atoms in total. The van der Waals surface area contributed by atoms with Crippen molar-refractivity contribution < 1.29 is 9.31 Å². The summed E-state index contributed by atoms with van der Waals surface area (Å²) >= 11 is 0. The van der Waals surface area contributed by atoms with Crippen LogP contribution < -0.4 is 5.32 Å². The topological polar surface area (TPSA) is 79.0 Å². The van der Waals surface area contributed by atoms with Crippen LogP contribution in [0, 0.1) is 32.7 Å². The van der Waals surface area contributed by atoms with E-state index in [0.717, 1.165) is 12.1 Å². The number of rotatable bonds is 6. The van der Waals surface area contributed by atoms with Gasteiger partial charge in [0.25, 0.3) is 5.69 Å². The molecule has 1 N–H and O–H groups in total. The van der Waals surface area contributed by atoms with Gasteiger partial charge in [0.1, 0.15) is 5.82 Å². The van der Waals surface area contributed by atoms with Crippen LogP contribution in [0.4, 0.5) is 15.8 Å². The van der Waals surface area contributed by atoms with Gasteiger partial charge in [-0.3, -0.25) is 10.1 Å². The molecule has 0 fully saturated rings. The Morgan fingerprint density at radius 2 is 2.21 bits per heavy atom. The minimum Gasteiger partial charge on any atom is -0.382 e. The molecule has 0 heterocycles. The van der Waals surface area contributed by atoms with Crippen molar-refractivity contribution in [3.63, 3.8) is 0 Å². The number of nitro groups is 1. The van der Waals surface area contributed by atoms with Gasteiger partial charge in [0.2, 0.25) is 0 Å². The van der Waals surface area contributed by atoms with Crippen molar-refractivity contribution in [3.8, 4) is 6.07 Å². The molecular weight excluding hydrogens is 249 g/mol. The first-order chi connectivity index (χ1) is 8.85. The molecule has 6 heteroatoms. The molecule has 1 aromatic carbocycles. The van der Waals surface area contributed by atoms with Crippen LogP contribution in [-0.2, 0) is 0 Å². The minimum atomic E-state index is -0.564. The highest BCUT2D eigenvalue weighted by molar-refractivity contribution is 5.52. The van der Waals surface area contributed by atoms with Crippen LogP contribution in [0.1, 0.15) is 26.7 Å². The lowest BCUT2D eigenvalue weighted by molar-refractivity contribution is -0.384. The van der Waals surface area contributed by atoms with Crippen molar-refractivity contribution in [1.29, 1.82) is 5.26 Å². The van der Waals surface area contributed by atoms with E-state index in [0.29, 0.717) is 19.4 Å². The summed E-state index contributed by atoms with van der Waals surface area (Å²) in [6, 6.07) is 5.44. The Labute approximate surface area is 111 Å². The monoisotopic (exact) mass is 265 g/mol. The molecule has 0 aliphatic rings. The van der Waals surface area contributed by atoms with Gasteiger partial charge in [-0.2, -0.15) is 5.26 Å². The normalized spacial score (nSPS) is 10.8. The van der Waals surface area contributed by atoms with Gasteiger partial charge in [-0.25, -0.2) is 4.39 Å². The maximum atomic E-state index is 13.5. The average molecular weight is 265 g/mol. The number of benzene rings is 1. The average Bonchev–Trinajstić information content (AvgIpc) is 2.35. The van der Waals surface area contributed by atoms with Gasteiger partial charge < -0.3 is 5.32 Å². The number of nitrogens with zero attached hydrogens (tertiary/aromatic N) is 2. The van der Waals surface area contributed by atoms with Crippen molar-refractivity contribution >= 4 is 11.4 Å². The smallest absolute Gasteiger partial charge is 0.271 e. The van der Waals surface area contributed by atoms with Crippen LogP contribution >= 0.6 is 0 Å². The summed E-state index contributed by atoms with van der Waals surface area (Å²) in [6.45, 7) is 4.34. The molecule has 0 saturated carbocycles. The van der Waals surface area contributed by atoms with E-state index in [1.54, 1.807) is 0 Å². The Balaban J connectivity index is 2.74. The number of nitrogens with one attached hydrogen (secondary N) is 1. The Bertz CT molecular complexity index is 509. The number of halogens is 1. The molecule has 0 spiro atoms. The minimum absolute atomic E-state index is 0.110. The third-order valence-corrected chi connectivity index (χ3v) is 2.83.